The minimum atomic E-state index is -0.139. The predicted octanol–water partition coefficient (Wildman–Crippen LogP) is 1.48. The predicted molar refractivity (Wildman–Crippen MR) is 53.8 cm³/mol. The third-order valence-corrected chi connectivity index (χ3v) is 1.71. The summed E-state index contributed by atoms with van der Waals surface area (Å²) in [7, 11) is 0. The fourth-order valence-corrected chi connectivity index (χ4v) is 1.10. The van der Waals surface area contributed by atoms with Gasteiger partial charge in [0.1, 0.15) is 5.75 Å². The van der Waals surface area contributed by atoms with E-state index in [0.29, 0.717) is 5.75 Å². The molecule has 0 aliphatic heterocycles. The Morgan fingerprint density at radius 3 is 2.79 bits per heavy atom. The van der Waals surface area contributed by atoms with Crippen LogP contribution in [0.25, 0.3) is 0 Å². The molecule has 1 aromatic rings. The van der Waals surface area contributed by atoms with Crippen molar-refractivity contribution in [2.24, 2.45) is 10.7 Å². The molecule has 0 atom stereocenters. The molecule has 1 rings (SSSR count). The summed E-state index contributed by atoms with van der Waals surface area (Å²) in [5.41, 5.74) is 7.43. The van der Waals surface area contributed by atoms with Crippen LogP contribution in [-0.2, 0) is 0 Å². The zero-order valence-corrected chi connectivity index (χ0v) is 8.11. The summed E-state index contributed by atoms with van der Waals surface area (Å²) in [4.78, 5) is 3.26. The van der Waals surface area contributed by atoms with Crippen LogP contribution in [0.2, 0.25) is 0 Å². The number of ether oxygens (including phenoxy) is 1. The lowest BCUT2D eigenvalue weighted by Crippen LogP contribution is -2.19. The molecular formula is C10H11N3O. The molecule has 14 heavy (non-hydrogen) atoms. The highest BCUT2D eigenvalue weighted by Crippen LogP contribution is 2.18. The first-order valence-corrected chi connectivity index (χ1v) is 4.11. The van der Waals surface area contributed by atoms with E-state index in [4.69, 9.17) is 15.7 Å². The summed E-state index contributed by atoms with van der Waals surface area (Å²) in [5, 5.41) is 8.23. The molecule has 0 spiro atoms. The molecule has 0 aliphatic rings. The van der Waals surface area contributed by atoms with Gasteiger partial charge in [0, 0.05) is 0 Å². The summed E-state index contributed by atoms with van der Waals surface area (Å²) >= 11 is 0. The number of nitrogens with zero attached hydrogens (tertiary/aromatic N) is 2. The van der Waals surface area contributed by atoms with Gasteiger partial charge in [0.25, 0.3) is 0 Å². The molecule has 2 N–H and O–H groups in total. The molecule has 4 heteroatoms. The zero-order valence-electron chi connectivity index (χ0n) is 8.11. The number of hydrogen-bond donors (Lipinski definition) is 1. The van der Waals surface area contributed by atoms with Gasteiger partial charge >= 0.3 is 6.02 Å². The third-order valence-electron chi connectivity index (χ3n) is 1.71. The van der Waals surface area contributed by atoms with Crippen molar-refractivity contribution in [1.29, 1.82) is 5.26 Å². The Labute approximate surface area is 82.6 Å². The number of aliphatic imine (C=N–C) groups is 1. The minimum absolute atomic E-state index is 0.139. The van der Waals surface area contributed by atoms with Gasteiger partial charge in [-0.3, -0.25) is 0 Å². The van der Waals surface area contributed by atoms with Crippen LogP contribution in [0.4, 0.5) is 0 Å². The molecule has 0 aliphatic carbocycles. The van der Waals surface area contributed by atoms with Gasteiger partial charge in [-0.1, -0.05) is 17.7 Å². The molecule has 0 amide bonds. The number of benzene rings is 1. The molecule has 4 nitrogen and oxygen atoms in total. The fraction of sp³-hybridized carbons (Fsp3) is 0.200. The van der Waals surface area contributed by atoms with Crippen molar-refractivity contribution in [2.45, 2.75) is 13.8 Å². The standard InChI is InChI=1S/C10H11N3O/c1-7-3-4-9(8(2)5-7)14-10(12)13-6-11/h3-5H,1-2H3,(H2,12,13). The summed E-state index contributed by atoms with van der Waals surface area (Å²) in [6, 6.07) is 5.53. The zero-order chi connectivity index (χ0) is 10.6. The average Bonchev–Trinajstić information content (AvgIpc) is 2.10. The van der Waals surface area contributed by atoms with E-state index in [2.05, 4.69) is 4.99 Å². The average molecular weight is 189 g/mol. The minimum Gasteiger partial charge on any atom is -0.425 e. The maximum Gasteiger partial charge on any atom is 0.302 e. The number of hydrogen-bond acceptors (Lipinski definition) is 3. The molecule has 72 valence electrons. The summed E-state index contributed by atoms with van der Waals surface area (Å²) in [5.74, 6) is 0.618. The summed E-state index contributed by atoms with van der Waals surface area (Å²) in [6.45, 7) is 3.89. The van der Waals surface area contributed by atoms with Crippen molar-refractivity contribution in [2.75, 3.05) is 0 Å². The second kappa shape index (κ2) is 4.28. The first-order chi connectivity index (χ1) is 6.63. The monoisotopic (exact) mass is 189 g/mol. The number of rotatable bonds is 1. The van der Waals surface area contributed by atoms with Crippen LogP contribution in [0, 0.1) is 25.3 Å². The van der Waals surface area contributed by atoms with Crippen LogP contribution in [-0.4, -0.2) is 6.02 Å². The highest BCUT2D eigenvalue weighted by atomic mass is 16.5. The quantitative estimate of drug-likeness (QED) is 0.413. The van der Waals surface area contributed by atoms with E-state index in [1.54, 1.807) is 12.3 Å². The van der Waals surface area contributed by atoms with Crippen molar-refractivity contribution in [3.05, 3.63) is 29.3 Å². The first-order valence-electron chi connectivity index (χ1n) is 4.11. The van der Waals surface area contributed by atoms with Gasteiger partial charge in [-0.05, 0) is 25.5 Å². The molecular weight excluding hydrogens is 178 g/mol. The fourth-order valence-electron chi connectivity index (χ4n) is 1.10. The molecule has 0 unspecified atom stereocenters. The van der Waals surface area contributed by atoms with Crippen molar-refractivity contribution in [3.8, 4) is 11.9 Å². The van der Waals surface area contributed by atoms with Gasteiger partial charge in [0.05, 0.1) is 0 Å². The Morgan fingerprint density at radius 2 is 2.21 bits per heavy atom. The van der Waals surface area contributed by atoms with E-state index >= 15 is 0 Å². The lowest BCUT2D eigenvalue weighted by Gasteiger charge is -2.06. The van der Waals surface area contributed by atoms with Crippen LogP contribution >= 0.6 is 0 Å². The van der Waals surface area contributed by atoms with Gasteiger partial charge in [-0.15, -0.1) is 4.99 Å². The highest BCUT2D eigenvalue weighted by Gasteiger charge is 2.01. The van der Waals surface area contributed by atoms with E-state index < -0.39 is 0 Å². The van der Waals surface area contributed by atoms with Gasteiger partial charge in [-0.2, -0.15) is 5.26 Å². The molecule has 0 bridgehead atoms. The lowest BCUT2D eigenvalue weighted by molar-refractivity contribution is 0.538. The maximum absolute atomic E-state index is 8.23. The van der Waals surface area contributed by atoms with E-state index in [-0.39, 0.29) is 6.02 Å². The third kappa shape index (κ3) is 2.49. The van der Waals surface area contributed by atoms with Gasteiger partial charge < -0.3 is 10.5 Å². The molecule has 0 saturated heterocycles. The lowest BCUT2D eigenvalue weighted by atomic mass is 10.1. The van der Waals surface area contributed by atoms with Crippen LogP contribution in [0.1, 0.15) is 11.1 Å². The SMILES string of the molecule is Cc1ccc(OC(N)=NC#N)c(C)c1. The Hall–Kier alpha value is -2.02. The summed E-state index contributed by atoms with van der Waals surface area (Å²) in [6.07, 6.45) is 1.56. The molecule has 0 heterocycles. The van der Waals surface area contributed by atoms with Crippen LogP contribution in [0.15, 0.2) is 23.2 Å². The van der Waals surface area contributed by atoms with E-state index in [9.17, 15) is 0 Å². The van der Waals surface area contributed by atoms with Crippen LogP contribution in [0.3, 0.4) is 0 Å². The highest BCUT2D eigenvalue weighted by molar-refractivity contribution is 5.75. The Morgan fingerprint density at radius 1 is 1.50 bits per heavy atom. The van der Waals surface area contributed by atoms with Crippen molar-refractivity contribution in [1.82, 2.24) is 0 Å². The van der Waals surface area contributed by atoms with Crippen molar-refractivity contribution >= 4 is 6.02 Å². The summed E-state index contributed by atoms with van der Waals surface area (Å²) < 4.78 is 5.15. The topological polar surface area (TPSA) is 71.4 Å². The van der Waals surface area contributed by atoms with Crippen molar-refractivity contribution in [3.63, 3.8) is 0 Å². The van der Waals surface area contributed by atoms with E-state index in [1.807, 2.05) is 26.0 Å². The first kappa shape index (κ1) is 10.1. The Balaban J connectivity index is 2.89. The number of nitriles is 1. The van der Waals surface area contributed by atoms with Crippen LogP contribution in [0.5, 0.6) is 5.75 Å². The molecule has 0 radical (unpaired) electrons. The smallest absolute Gasteiger partial charge is 0.302 e. The second-order valence-corrected chi connectivity index (χ2v) is 2.92. The largest absolute Gasteiger partial charge is 0.425 e. The van der Waals surface area contributed by atoms with Gasteiger partial charge in [0.15, 0.2) is 0 Å². The molecule has 0 saturated carbocycles. The van der Waals surface area contributed by atoms with Gasteiger partial charge in [-0.25, -0.2) is 0 Å². The second-order valence-electron chi connectivity index (χ2n) is 2.92. The van der Waals surface area contributed by atoms with Crippen molar-refractivity contribution < 1.29 is 4.74 Å². The number of nitrogens with two attached hydrogens (primary N) is 1. The Bertz CT molecular complexity index is 404. The normalized spacial score (nSPS) is 10.8. The maximum atomic E-state index is 8.23. The van der Waals surface area contributed by atoms with E-state index in [0.717, 1.165) is 11.1 Å². The van der Waals surface area contributed by atoms with Crippen LogP contribution < -0.4 is 10.5 Å². The Kier molecular flexibility index (Phi) is 3.08. The molecule has 0 fully saturated rings. The number of aryl methyl sites for hydroxylation is 2. The van der Waals surface area contributed by atoms with Gasteiger partial charge in [0.2, 0.25) is 6.19 Å². The number of amidine groups is 1. The molecule has 1 aromatic carbocycles. The molecule has 0 aromatic heterocycles. The van der Waals surface area contributed by atoms with E-state index in [1.165, 1.54) is 0 Å².